The highest BCUT2D eigenvalue weighted by Gasteiger charge is 2.33. The van der Waals surface area contributed by atoms with Crippen molar-refractivity contribution in [2.24, 2.45) is 5.92 Å². The van der Waals surface area contributed by atoms with Crippen molar-refractivity contribution in [2.75, 3.05) is 18.4 Å². The smallest absolute Gasteiger partial charge is 0.246 e. The molecule has 1 fully saturated rings. The summed E-state index contributed by atoms with van der Waals surface area (Å²) >= 11 is 11.6. The van der Waals surface area contributed by atoms with Gasteiger partial charge >= 0.3 is 0 Å². The molecule has 0 bridgehead atoms. The Morgan fingerprint density at radius 3 is 2.56 bits per heavy atom. The fraction of sp³-hybridized carbons (Fsp3) is 0.294. The summed E-state index contributed by atoms with van der Waals surface area (Å²) in [4.78, 5) is 16.1. The second kappa shape index (κ2) is 8.10. The van der Waals surface area contributed by atoms with Gasteiger partial charge < -0.3 is 5.32 Å². The van der Waals surface area contributed by atoms with Gasteiger partial charge in [-0.15, -0.1) is 0 Å². The molecule has 0 atom stereocenters. The number of carbonyl (C=O) groups excluding carboxylic acids is 1. The van der Waals surface area contributed by atoms with E-state index >= 15 is 0 Å². The third kappa shape index (κ3) is 4.24. The van der Waals surface area contributed by atoms with Gasteiger partial charge in [-0.05, 0) is 37.1 Å². The van der Waals surface area contributed by atoms with Crippen LogP contribution in [0.3, 0.4) is 0 Å². The van der Waals surface area contributed by atoms with Gasteiger partial charge in [0.1, 0.15) is 10.0 Å². The molecule has 0 aliphatic carbocycles. The summed E-state index contributed by atoms with van der Waals surface area (Å²) in [7, 11) is -3.78. The number of nitrogens with one attached hydrogen (secondary N) is 1. The lowest BCUT2D eigenvalue weighted by atomic mass is 9.97. The predicted molar refractivity (Wildman–Crippen MR) is 101 cm³/mol. The topological polar surface area (TPSA) is 79.4 Å². The molecule has 2 aromatic rings. The van der Waals surface area contributed by atoms with Gasteiger partial charge in [-0.25, -0.2) is 17.8 Å². The number of amides is 1. The lowest BCUT2D eigenvalue weighted by molar-refractivity contribution is -0.120. The van der Waals surface area contributed by atoms with Gasteiger partial charge in [0, 0.05) is 25.2 Å². The maximum Gasteiger partial charge on any atom is 0.246 e. The SMILES string of the molecule is O=C(Nc1cccc(Cl)c1F)C1CCN(S(=O)(=O)c2cccnc2Cl)CC1. The molecule has 144 valence electrons. The van der Waals surface area contributed by atoms with Crippen molar-refractivity contribution in [1.82, 2.24) is 9.29 Å². The highest BCUT2D eigenvalue weighted by atomic mass is 35.5. The number of aromatic nitrogens is 1. The molecule has 0 saturated carbocycles. The van der Waals surface area contributed by atoms with Crippen molar-refractivity contribution in [2.45, 2.75) is 17.7 Å². The highest BCUT2D eigenvalue weighted by molar-refractivity contribution is 7.89. The summed E-state index contributed by atoms with van der Waals surface area (Å²) in [5, 5.41) is 2.35. The van der Waals surface area contributed by atoms with E-state index in [4.69, 9.17) is 23.2 Å². The molecule has 2 heterocycles. The lowest BCUT2D eigenvalue weighted by Crippen LogP contribution is -2.41. The van der Waals surface area contributed by atoms with Crippen LogP contribution < -0.4 is 5.32 Å². The highest BCUT2D eigenvalue weighted by Crippen LogP contribution is 2.28. The number of hydrogen-bond donors (Lipinski definition) is 1. The second-order valence-electron chi connectivity index (χ2n) is 6.06. The summed E-state index contributed by atoms with van der Waals surface area (Å²) in [5.74, 6) is -1.49. The Bertz CT molecular complexity index is 964. The molecule has 1 aliphatic heterocycles. The van der Waals surface area contributed by atoms with Crippen LogP contribution >= 0.6 is 23.2 Å². The van der Waals surface area contributed by atoms with E-state index in [1.165, 1.54) is 40.8 Å². The Morgan fingerprint density at radius 2 is 1.89 bits per heavy atom. The van der Waals surface area contributed by atoms with Crippen molar-refractivity contribution in [3.63, 3.8) is 0 Å². The molecule has 6 nitrogen and oxygen atoms in total. The van der Waals surface area contributed by atoms with Crippen LogP contribution in [0.5, 0.6) is 0 Å². The molecule has 3 rings (SSSR count). The zero-order chi connectivity index (χ0) is 19.6. The van der Waals surface area contributed by atoms with Crippen molar-refractivity contribution < 1.29 is 17.6 Å². The zero-order valence-electron chi connectivity index (χ0n) is 14.0. The fourth-order valence-corrected chi connectivity index (χ4v) is 4.97. The van der Waals surface area contributed by atoms with E-state index in [2.05, 4.69) is 10.3 Å². The van der Waals surface area contributed by atoms with Crippen LogP contribution in [-0.2, 0) is 14.8 Å². The van der Waals surface area contributed by atoms with Crippen LogP contribution in [0.15, 0.2) is 41.4 Å². The third-order valence-electron chi connectivity index (χ3n) is 4.38. The molecule has 10 heteroatoms. The molecule has 1 aromatic carbocycles. The van der Waals surface area contributed by atoms with E-state index in [-0.39, 0.29) is 39.8 Å². The molecule has 1 saturated heterocycles. The number of nitrogens with zero attached hydrogens (tertiary/aromatic N) is 2. The third-order valence-corrected chi connectivity index (χ3v) is 7.01. The Morgan fingerprint density at radius 1 is 1.19 bits per heavy atom. The van der Waals surface area contributed by atoms with Crippen LogP contribution in [-0.4, -0.2) is 36.7 Å². The monoisotopic (exact) mass is 431 g/mol. The van der Waals surface area contributed by atoms with Gasteiger partial charge in [0.15, 0.2) is 5.82 Å². The summed E-state index contributed by atoms with van der Waals surface area (Å²) in [6, 6.07) is 7.24. The van der Waals surface area contributed by atoms with Gasteiger partial charge in [0.2, 0.25) is 15.9 Å². The number of rotatable bonds is 4. The molecular weight excluding hydrogens is 416 g/mol. The number of sulfonamides is 1. The van der Waals surface area contributed by atoms with E-state index < -0.39 is 21.8 Å². The number of anilines is 1. The average Bonchev–Trinajstić information content (AvgIpc) is 2.65. The number of piperidine rings is 1. The molecule has 1 aliphatic rings. The standard InChI is InChI=1S/C17H16Cl2FN3O3S/c18-12-3-1-4-13(15(12)20)22-17(24)11-6-9-23(10-7-11)27(25,26)14-5-2-8-21-16(14)19/h1-5,8,11H,6-7,9-10H2,(H,22,24). The Kier molecular flexibility index (Phi) is 6.00. The lowest BCUT2D eigenvalue weighted by Gasteiger charge is -2.30. The summed E-state index contributed by atoms with van der Waals surface area (Å²) in [5.41, 5.74) is 0.00435. The Hall–Kier alpha value is -1.74. The first kappa shape index (κ1) is 20.0. The van der Waals surface area contributed by atoms with E-state index in [0.717, 1.165) is 0 Å². The Labute approximate surface area is 166 Å². The average molecular weight is 432 g/mol. The predicted octanol–water partition coefficient (Wildman–Crippen LogP) is 3.57. The molecule has 1 aromatic heterocycles. The maximum absolute atomic E-state index is 13.9. The number of benzene rings is 1. The van der Waals surface area contributed by atoms with Gasteiger partial charge in [-0.1, -0.05) is 29.3 Å². The van der Waals surface area contributed by atoms with Crippen molar-refractivity contribution in [3.8, 4) is 0 Å². The van der Waals surface area contributed by atoms with Crippen LogP contribution in [0.25, 0.3) is 0 Å². The van der Waals surface area contributed by atoms with Crippen LogP contribution in [0.2, 0.25) is 10.2 Å². The first-order valence-corrected chi connectivity index (χ1v) is 10.4. The minimum atomic E-state index is -3.78. The van der Waals surface area contributed by atoms with E-state index in [9.17, 15) is 17.6 Å². The van der Waals surface area contributed by atoms with Crippen LogP contribution in [0.4, 0.5) is 10.1 Å². The molecule has 27 heavy (non-hydrogen) atoms. The number of halogens is 3. The van der Waals surface area contributed by atoms with E-state index in [0.29, 0.717) is 12.8 Å². The maximum atomic E-state index is 13.9. The van der Waals surface area contributed by atoms with Gasteiger partial charge in [-0.2, -0.15) is 4.31 Å². The van der Waals surface area contributed by atoms with Gasteiger partial charge in [0.05, 0.1) is 10.7 Å². The molecule has 0 radical (unpaired) electrons. The van der Waals surface area contributed by atoms with E-state index in [1.54, 1.807) is 0 Å². The van der Waals surface area contributed by atoms with Crippen molar-refractivity contribution >= 4 is 44.8 Å². The molecule has 1 N–H and O–H groups in total. The van der Waals surface area contributed by atoms with Crippen molar-refractivity contribution in [3.05, 3.63) is 52.5 Å². The first-order valence-electron chi connectivity index (χ1n) is 8.16. The molecule has 1 amide bonds. The second-order valence-corrected chi connectivity index (χ2v) is 8.73. The molecule has 0 spiro atoms. The van der Waals surface area contributed by atoms with Crippen molar-refractivity contribution in [1.29, 1.82) is 0 Å². The summed E-state index contributed by atoms with van der Waals surface area (Å²) < 4.78 is 40.6. The quantitative estimate of drug-likeness (QED) is 0.750. The normalized spacial score (nSPS) is 16.3. The fourth-order valence-electron chi connectivity index (χ4n) is 2.90. The van der Waals surface area contributed by atoms with Crippen LogP contribution in [0.1, 0.15) is 12.8 Å². The molecule has 0 unspecified atom stereocenters. The van der Waals surface area contributed by atoms with Gasteiger partial charge in [-0.3, -0.25) is 4.79 Å². The number of pyridine rings is 1. The summed E-state index contributed by atoms with van der Waals surface area (Å²) in [6.07, 6.45) is 2.03. The number of hydrogen-bond acceptors (Lipinski definition) is 4. The largest absolute Gasteiger partial charge is 0.323 e. The molecular formula is C17H16Cl2FN3O3S. The first-order chi connectivity index (χ1) is 12.8. The Balaban J connectivity index is 1.66. The summed E-state index contributed by atoms with van der Waals surface area (Å²) in [6.45, 7) is 0.313. The minimum absolute atomic E-state index is 0.00435. The van der Waals surface area contributed by atoms with Gasteiger partial charge in [0.25, 0.3) is 0 Å². The van der Waals surface area contributed by atoms with E-state index in [1.807, 2.05) is 0 Å². The minimum Gasteiger partial charge on any atom is -0.323 e. The number of carbonyl (C=O) groups is 1. The van der Waals surface area contributed by atoms with Crippen LogP contribution in [0, 0.1) is 11.7 Å². The zero-order valence-corrected chi connectivity index (χ0v) is 16.4.